The fourth-order valence-electron chi connectivity index (χ4n) is 3.17. The number of pyridine rings is 1. The average Bonchev–Trinajstić information content (AvgIpc) is 2.87. The first-order chi connectivity index (χ1) is 11.9. The van der Waals surface area contributed by atoms with Crippen molar-refractivity contribution >= 4 is 17.1 Å². The second-order valence-electron chi connectivity index (χ2n) is 7.24. The summed E-state index contributed by atoms with van der Waals surface area (Å²) < 4.78 is 7.68. The molecule has 1 aliphatic heterocycles. The van der Waals surface area contributed by atoms with Gasteiger partial charge in [-0.25, -0.2) is 9.78 Å². The minimum atomic E-state index is -0.488. The molecule has 1 amide bonds. The predicted octanol–water partition coefficient (Wildman–Crippen LogP) is 3.74. The summed E-state index contributed by atoms with van der Waals surface area (Å²) in [6.45, 7) is 9.51. The maximum Gasteiger partial charge on any atom is 0.410 e. The normalized spacial score (nSPS) is 14.0. The number of rotatable bonds is 1. The van der Waals surface area contributed by atoms with Crippen LogP contribution in [0.1, 0.15) is 45.4 Å². The summed E-state index contributed by atoms with van der Waals surface area (Å²) in [5, 5.41) is 1.17. The van der Waals surface area contributed by atoms with Crippen molar-refractivity contribution in [2.24, 2.45) is 0 Å². The van der Waals surface area contributed by atoms with Gasteiger partial charge in [-0.1, -0.05) is 12.8 Å². The highest BCUT2D eigenvalue weighted by molar-refractivity contribution is 5.83. The van der Waals surface area contributed by atoms with Gasteiger partial charge in [-0.15, -0.1) is 5.92 Å². The SMILES string of the molecule is CCC#CCn1c2c(c3cccnc31)CCN(C(=O)OC(C)(C)C)C2. The highest BCUT2D eigenvalue weighted by Gasteiger charge is 2.29. The van der Waals surface area contributed by atoms with Gasteiger partial charge in [0.15, 0.2) is 0 Å². The molecule has 0 radical (unpaired) electrons. The van der Waals surface area contributed by atoms with Gasteiger partial charge in [0.05, 0.1) is 13.1 Å². The Hall–Kier alpha value is -2.48. The minimum absolute atomic E-state index is 0.262. The summed E-state index contributed by atoms with van der Waals surface area (Å²) in [5.74, 6) is 6.32. The molecule has 132 valence electrons. The van der Waals surface area contributed by atoms with Crippen LogP contribution in [-0.2, 0) is 24.2 Å². The van der Waals surface area contributed by atoms with E-state index in [9.17, 15) is 4.79 Å². The van der Waals surface area contributed by atoms with Crippen LogP contribution in [0.25, 0.3) is 11.0 Å². The van der Waals surface area contributed by atoms with E-state index in [-0.39, 0.29) is 6.09 Å². The molecule has 2 aromatic rings. The fraction of sp³-hybridized carbons (Fsp3) is 0.500. The standard InChI is InChI=1S/C20H25N3O2/c1-5-6-7-12-23-17-14-22(19(24)25-20(2,3)4)13-10-15(17)16-9-8-11-21-18(16)23/h8-9,11H,5,10,12-14H2,1-4H3. The lowest BCUT2D eigenvalue weighted by atomic mass is 10.0. The number of ether oxygens (including phenoxy) is 1. The summed E-state index contributed by atoms with van der Waals surface area (Å²) in [4.78, 5) is 18.8. The van der Waals surface area contributed by atoms with E-state index in [0.29, 0.717) is 19.6 Å². The van der Waals surface area contributed by atoms with E-state index < -0.39 is 5.60 Å². The van der Waals surface area contributed by atoms with Crippen molar-refractivity contribution in [3.05, 3.63) is 29.6 Å². The zero-order valence-corrected chi connectivity index (χ0v) is 15.4. The van der Waals surface area contributed by atoms with Crippen molar-refractivity contribution in [3.63, 3.8) is 0 Å². The molecule has 0 saturated heterocycles. The Labute approximate surface area is 149 Å². The molecular weight excluding hydrogens is 314 g/mol. The first-order valence-corrected chi connectivity index (χ1v) is 8.79. The van der Waals surface area contributed by atoms with Gasteiger partial charge >= 0.3 is 6.09 Å². The molecule has 25 heavy (non-hydrogen) atoms. The average molecular weight is 339 g/mol. The number of fused-ring (bicyclic) bond motifs is 3. The van der Waals surface area contributed by atoms with Crippen LogP contribution in [0.3, 0.4) is 0 Å². The lowest BCUT2D eigenvalue weighted by Gasteiger charge is -2.30. The van der Waals surface area contributed by atoms with Gasteiger partial charge in [0.1, 0.15) is 11.2 Å². The summed E-state index contributed by atoms with van der Waals surface area (Å²) in [6.07, 6.45) is 3.19. The van der Waals surface area contributed by atoms with Crippen LogP contribution in [0.4, 0.5) is 4.79 Å². The lowest BCUT2D eigenvalue weighted by molar-refractivity contribution is 0.0220. The van der Waals surface area contributed by atoms with E-state index in [0.717, 1.165) is 24.2 Å². The smallest absolute Gasteiger partial charge is 0.410 e. The van der Waals surface area contributed by atoms with Crippen molar-refractivity contribution in [1.29, 1.82) is 0 Å². The molecule has 5 heteroatoms. The molecule has 0 spiro atoms. The number of aromatic nitrogens is 2. The van der Waals surface area contributed by atoms with Crippen molar-refractivity contribution in [2.75, 3.05) is 6.54 Å². The first-order valence-electron chi connectivity index (χ1n) is 8.79. The van der Waals surface area contributed by atoms with Crippen molar-refractivity contribution in [3.8, 4) is 11.8 Å². The molecule has 1 aliphatic rings. The van der Waals surface area contributed by atoms with Gasteiger partial charge in [-0.05, 0) is 44.9 Å². The predicted molar refractivity (Wildman–Crippen MR) is 98.1 cm³/mol. The number of hydrogen-bond donors (Lipinski definition) is 0. The van der Waals surface area contributed by atoms with Crippen molar-refractivity contribution in [1.82, 2.24) is 14.5 Å². The van der Waals surface area contributed by atoms with Crippen LogP contribution in [0.15, 0.2) is 18.3 Å². The molecule has 0 unspecified atom stereocenters. The van der Waals surface area contributed by atoms with Gasteiger partial charge in [-0.3, -0.25) is 0 Å². The molecular formula is C20H25N3O2. The summed E-state index contributed by atoms with van der Waals surface area (Å²) in [6, 6.07) is 4.07. The Bertz CT molecular complexity index is 849. The van der Waals surface area contributed by atoms with Crippen molar-refractivity contribution in [2.45, 2.75) is 59.2 Å². The van der Waals surface area contributed by atoms with E-state index in [1.54, 1.807) is 4.90 Å². The van der Waals surface area contributed by atoms with E-state index in [1.807, 2.05) is 40.0 Å². The van der Waals surface area contributed by atoms with Crippen LogP contribution in [0.5, 0.6) is 0 Å². The quantitative estimate of drug-likeness (QED) is 0.744. The zero-order valence-electron chi connectivity index (χ0n) is 15.4. The van der Waals surface area contributed by atoms with Gasteiger partial charge in [-0.2, -0.15) is 0 Å². The maximum absolute atomic E-state index is 12.5. The molecule has 0 saturated carbocycles. The molecule has 2 aromatic heterocycles. The molecule has 0 bridgehead atoms. The number of hydrogen-bond acceptors (Lipinski definition) is 3. The van der Waals surface area contributed by atoms with Crippen LogP contribution < -0.4 is 0 Å². The molecule has 0 N–H and O–H groups in total. The monoisotopic (exact) mass is 339 g/mol. The topological polar surface area (TPSA) is 47.4 Å². The third kappa shape index (κ3) is 3.63. The Morgan fingerprint density at radius 3 is 2.88 bits per heavy atom. The Morgan fingerprint density at radius 1 is 1.36 bits per heavy atom. The molecule has 0 fully saturated rings. The van der Waals surface area contributed by atoms with Gasteiger partial charge in [0.25, 0.3) is 0 Å². The van der Waals surface area contributed by atoms with Crippen LogP contribution in [-0.4, -0.2) is 32.7 Å². The van der Waals surface area contributed by atoms with E-state index in [1.165, 1.54) is 10.9 Å². The lowest BCUT2D eigenvalue weighted by Crippen LogP contribution is -2.40. The number of carbonyl (C=O) groups excluding carboxylic acids is 1. The molecule has 3 rings (SSSR count). The number of nitrogens with zero attached hydrogens (tertiary/aromatic N) is 3. The molecule has 5 nitrogen and oxygen atoms in total. The van der Waals surface area contributed by atoms with E-state index in [4.69, 9.17) is 4.74 Å². The minimum Gasteiger partial charge on any atom is -0.444 e. The van der Waals surface area contributed by atoms with E-state index in [2.05, 4.69) is 27.5 Å². The summed E-state index contributed by atoms with van der Waals surface area (Å²) >= 11 is 0. The summed E-state index contributed by atoms with van der Waals surface area (Å²) in [5.41, 5.74) is 2.86. The Kier molecular flexibility index (Phi) is 4.71. The highest BCUT2D eigenvalue weighted by Crippen LogP contribution is 2.30. The van der Waals surface area contributed by atoms with E-state index >= 15 is 0 Å². The highest BCUT2D eigenvalue weighted by atomic mass is 16.6. The van der Waals surface area contributed by atoms with Crippen LogP contribution in [0.2, 0.25) is 0 Å². The second kappa shape index (κ2) is 6.79. The Morgan fingerprint density at radius 2 is 2.16 bits per heavy atom. The number of amides is 1. The number of carbonyl (C=O) groups is 1. The maximum atomic E-state index is 12.5. The third-order valence-electron chi connectivity index (χ3n) is 4.20. The van der Waals surface area contributed by atoms with Gasteiger partial charge in [0, 0.05) is 30.2 Å². The molecule has 0 aromatic carbocycles. The van der Waals surface area contributed by atoms with Crippen LogP contribution in [0, 0.1) is 11.8 Å². The third-order valence-corrected chi connectivity index (χ3v) is 4.20. The molecule has 0 aliphatic carbocycles. The Balaban J connectivity index is 1.96. The summed E-state index contributed by atoms with van der Waals surface area (Å²) in [7, 11) is 0. The van der Waals surface area contributed by atoms with Crippen LogP contribution >= 0.6 is 0 Å². The molecule has 3 heterocycles. The second-order valence-corrected chi connectivity index (χ2v) is 7.24. The first kappa shape index (κ1) is 17.3. The van der Waals surface area contributed by atoms with Gasteiger partial charge < -0.3 is 14.2 Å². The van der Waals surface area contributed by atoms with Crippen molar-refractivity contribution < 1.29 is 9.53 Å². The fourth-order valence-corrected chi connectivity index (χ4v) is 3.17. The van der Waals surface area contributed by atoms with Gasteiger partial charge in [0.2, 0.25) is 0 Å². The molecule has 0 atom stereocenters. The largest absolute Gasteiger partial charge is 0.444 e. The zero-order chi connectivity index (χ0) is 18.0.